The van der Waals surface area contributed by atoms with Gasteiger partial charge < -0.3 is 5.32 Å². The molecular formula is C24H22BrN7O2S. The van der Waals surface area contributed by atoms with Crippen LogP contribution in [-0.2, 0) is 16.6 Å². The summed E-state index contributed by atoms with van der Waals surface area (Å²) in [5, 5.41) is 17.2. The van der Waals surface area contributed by atoms with Crippen LogP contribution in [0.3, 0.4) is 0 Å². The third kappa shape index (κ3) is 4.65. The molecule has 1 aliphatic heterocycles. The van der Waals surface area contributed by atoms with Crippen LogP contribution in [0.1, 0.15) is 35.6 Å². The summed E-state index contributed by atoms with van der Waals surface area (Å²) < 4.78 is 30.4. The molecule has 0 atom stereocenters. The highest BCUT2D eigenvalue weighted by Gasteiger charge is 2.32. The number of anilines is 1. The second-order valence-electron chi connectivity index (χ2n) is 8.30. The van der Waals surface area contributed by atoms with Crippen molar-refractivity contribution in [2.24, 2.45) is 0 Å². The molecule has 1 aliphatic rings. The van der Waals surface area contributed by atoms with Crippen molar-refractivity contribution in [3.05, 3.63) is 82.3 Å². The molecule has 9 nitrogen and oxygen atoms in total. The maximum Gasteiger partial charge on any atom is 0.244 e. The summed E-state index contributed by atoms with van der Waals surface area (Å²) in [5.74, 6) is 0.899. The SMILES string of the molecule is N#Cc1ccccc1S(=O)(=O)N1CCC(c2cc(NCc3cccnc3)n3ncc(Br)c3n2)CC1. The van der Waals surface area contributed by atoms with Gasteiger partial charge in [0.2, 0.25) is 10.0 Å². The quantitative estimate of drug-likeness (QED) is 0.385. The highest BCUT2D eigenvalue weighted by atomic mass is 79.9. The fraction of sp³-hybridized carbons (Fsp3) is 0.250. The van der Waals surface area contributed by atoms with Gasteiger partial charge in [-0.3, -0.25) is 4.98 Å². The monoisotopic (exact) mass is 551 g/mol. The van der Waals surface area contributed by atoms with Gasteiger partial charge in [0.15, 0.2) is 5.65 Å². The first-order valence-corrected chi connectivity index (χ1v) is 13.4. The predicted octanol–water partition coefficient (Wildman–Crippen LogP) is 3.94. The number of halogens is 1. The average molecular weight is 552 g/mol. The van der Waals surface area contributed by atoms with E-state index in [2.05, 4.69) is 31.3 Å². The Kier molecular flexibility index (Phi) is 6.51. The molecule has 178 valence electrons. The minimum absolute atomic E-state index is 0.0607. The fourth-order valence-corrected chi connectivity index (χ4v) is 6.26. The van der Waals surface area contributed by atoms with Gasteiger partial charge in [-0.25, -0.2) is 13.4 Å². The molecule has 0 aliphatic carbocycles. The zero-order chi connectivity index (χ0) is 24.4. The van der Waals surface area contributed by atoms with Crippen molar-refractivity contribution in [2.45, 2.75) is 30.2 Å². The highest BCUT2D eigenvalue weighted by molar-refractivity contribution is 9.10. The molecule has 0 spiro atoms. The van der Waals surface area contributed by atoms with Gasteiger partial charge in [0.05, 0.1) is 21.1 Å². The van der Waals surface area contributed by atoms with E-state index in [-0.39, 0.29) is 16.4 Å². The summed E-state index contributed by atoms with van der Waals surface area (Å²) in [7, 11) is -3.74. The maximum absolute atomic E-state index is 13.2. The number of nitriles is 1. The van der Waals surface area contributed by atoms with Crippen LogP contribution in [0.5, 0.6) is 0 Å². The minimum atomic E-state index is -3.74. The van der Waals surface area contributed by atoms with E-state index in [4.69, 9.17) is 4.98 Å². The number of pyridine rings is 1. The smallest absolute Gasteiger partial charge is 0.244 e. The van der Waals surface area contributed by atoms with Gasteiger partial charge in [-0.1, -0.05) is 18.2 Å². The molecule has 0 unspecified atom stereocenters. The van der Waals surface area contributed by atoms with Gasteiger partial charge in [-0.2, -0.15) is 19.2 Å². The molecular weight excluding hydrogens is 530 g/mol. The van der Waals surface area contributed by atoms with E-state index in [9.17, 15) is 13.7 Å². The van der Waals surface area contributed by atoms with Crippen molar-refractivity contribution in [2.75, 3.05) is 18.4 Å². The summed E-state index contributed by atoms with van der Waals surface area (Å²) in [6.45, 7) is 1.30. The van der Waals surface area contributed by atoms with Crippen LogP contribution < -0.4 is 5.32 Å². The molecule has 1 N–H and O–H groups in total. The number of benzene rings is 1. The number of fused-ring (bicyclic) bond motifs is 1. The Labute approximate surface area is 211 Å². The first-order valence-electron chi connectivity index (χ1n) is 11.1. The Morgan fingerprint density at radius 3 is 2.69 bits per heavy atom. The van der Waals surface area contributed by atoms with Crippen LogP contribution >= 0.6 is 15.9 Å². The number of piperidine rings is 1. The molecule has 0 amide bonds. The minimum Gasteiger partial charge on any atom is -0.366 e. The largest absolute Gasteiger partial charge is 0.366 e. The first-order chi connectivity index (χ1) is 17.0. The lowest BCUT2D eigenvalue weighted by Crippen LogP contribution is -2.38. The number of nitrogens with zero attached hydrogens (tertiary/aromatic N) is 6. The maximum atomic E-state index is 13.2. The summed E-state index contributed by atoms with van der Waals surface area (Å²) in [6, 6.07) is 14.2. The van der Waals surface area contributed by atoms with Crippen LogP contribution in [0, 0.1) is 11.3 Å². The zero-order valence-electron chi connectivity index (χ0n) is 18.7. The summed E-state index contributed by atoms with van der Waals surface area (Å²) >= 11 is 3.53. The van der Waals surface area contributed by atoms with E-state index < -0.39 is 10.0 Å². The van der Waals surface area contributed by atoms with Crippen molar-refractivity contribution in [3.8, 4) is 6.07 Å². The standard InChI is InChI=1S/C24H22BrN7O2S/c25-20-16-29-32-23(28-15-17-4-3-9-27-14-17)12-21(30-24(20)32)18-7-10-31(11-8-18)35(33,34)22-6-2-1-5-19(22)13-26/h1-6,9,12,14,16,18,28H,7-8,10-11,15H2. The lowest BCUT2D eigenvalue weighted by atomic mass is 9.94. The second kappa shape index (κ2) is 9.73. The van der Waals surface area contributed by atoms with Crippen LogP contribution in [0.25, 0.3) is 5.65 Å². The molecule has 11 heteroatoms. The number of hydrogen-bond donors (Lipinski definition) is 1. The van der Waals surface area contributed by atoms with Gasteiger partial charge >= 0.3 is 0 Å². The Morgan fingerprint density at radius 1 is 1.14 bits per heavy atom. The molecule has 3 aromatic heterocycles. The van der Waals surface area contributed by atoms with Crippen molar-refractivity contribution in [1.82, 2.24) is 23.9 Å². The van der Waals surface area contributed by atoms with Crippen LogP contribution in [0.15, 0.2) is 70.4 Å². The van der Waals surface area contributed by atoms with Gasteiger partial charge in [0.1, 0.15) is 11.9 Å². The highest BCUT2D eigenvalue weighted by Crippen LogP contribution is 2.33. The Morgan fingerprint density at radius 2 is 1.94 bits per heavy atom. The summed E-state index contributed by atoms with van der Waals surface area (Å²) in [4.78, 5) is 9.06. The summed E-state index contributed by atoms with van der Waals surface area (Å²) in [5.41, 5.74) is 2.80. The molecule has 1 saturated heterocycles. The normalized spacial score (nSPS) is 15.2. The zero-order valence-corrected chi connectivity index (χ0v) is 21.1. The Bertz CT molecular complexity index is 1510. The Balaban J connectivity index is 1.37. The number of hydrogen-bond acceptors (Lipinski definition) is 7. The summed E-state index contributed by atoms with van der Waals surface area (Å²) in [6.07, 6.45) is 6.52. The van der Waals surface area contributed by atoms with Crippen LogP contribution in [-0.4, -0.2) is 45.4 Å². The molecule has 0 bridgehead atoms. The van der Waals surface area contributed by atoms with Gasteiger partial charge in [0, 0.05) is 49.7 Å². The van der Waals surface area contributed by atoms with Gasteiger partial charge in [0.25, 0.3) is 0 Å². The number of aromatic nitrogens is 4. The van der Waals surface area contributed by atoms with Crippen LogP contribution in [0.4, 0.5) is 5.82 Å². The van der Waals surface area contributed by atoms with E-state index in [1.807, 2.05) is 30.5 Å². The van der Waals surface area contributed by atoms with Gasteiger partial charge in [-0.15, -0.1) is 0 Å². The third-order valence-electron chi connectivity index (χ3n) is 6.14. The lowest BCUT2D eigenvalue weighted by molar-refractivity contribution is 0.316. The van der Waals surface area contributed by atoms with Crippen molar-refractivity contribution >= 4 is 37.4 Å². The molecule has 4 heterocycles. The van der Waals surface area contributed by atoms with E-state index in [1.165, 1.54) is 16.4 Å². The lowest BCUT2D eigenvalue weighted by Gasteiger charge is -2.31. The molecule has 1 fully saturated rings. The van der Waals surface area contributed by atoms with E-state index >= 15 is 0 Å². The molecule has 35 heavy (non-hydrogen) atoms. The second-order valence-corrected chi connectivity index (χ2v) is 11.1. The molecule has 1 aromatic carbocycles. The molecule has 0 radical (unpaired) electrons. The number of sulfonamides is 1. The third-order valence-corrected chi connectivity index (χ3v) is 8.66. The van der Waals surface area contributed by atoms with Crippen molar-refractivity contribution < 1.29 is 8.42 Å². The predicted molar refractivity (Wildman–Crippen MR) is 134 cm³/mol. The fourth-order valence-electron chi connectivity index (χ4n) is 4.30. The first kappa shape index (κ1) is 23.4. The molecule has 0 saturated carbocycles. The van der Waals surface area contributed by atoms with E-state index in [0.717, 1.165) is 21.5 Å². The van der Waals surface area contributed by atoms with Crippen molar-refractivity contribution in [1.29, 1.82) is 5.26 Å². The molecule has 4 aromatic rings. The van der Waals surface area contributed by atoms with E-state index in [0.29, 0.717) is 38.1 Å². The van der Waals surface area contributed by atoms with Crippen molar-refractivity contribution in [3.63, 3.8) is 0 Å². The molecule has 5 rings (SSSR count). The average Bonchev–Trinajstić information content (AvgIpc) is 3.28. The topological polar surface area (TPSA) is 116 Å². The Hall–Kier alpha value is -3.33. The number of rotatable bonds is 6. The van der Waals surface area contributed by atoms with E-state index in [1.54, 1.807) is 29.0 Å². The number of nitrogens with one attached hydrogen (secondary N) is 1. The van der Waals surface area contributed by atoms with Crippen LogP contribution in [0.2, 0.25) is 0 Å². The van der Waals surface area contributed by atoms with Gasteiger partial charge in [-0.05, 0) is 52.5 Å².